The molecule has 126 valence electrons. The first-order valence-electron chi connectivity index (χ1n) is 7.40. The largest absolute Gasteiger partial charge is 0.390 e. The van der Waals surface area contributed by atoms with Crippen molar-refractivity contribution in [2.24, 2.45) is 0 Å². The zero-order chi connectivity index (χ0) is 17.1. The van der Waals surface area contributed by atoms with E-state index in [9.17, 15) is 19.5 Å². The van der Waals surface area contributed by atoms with E-state index in [2.05, 4.69) is 5.32 Å². The number of nitrogens with zero attached hydrogens (tertiary/aromatic N) is 1. The summed E-state index contributed by atoms with van der Waals surface area (Å²) in [6.07, 6.45) is 1.05. The second-order valence-electron chi connectivity index (χ2n) is 5.46. The fraction of sp³-hybridized carbons (Fsp3) is 0.312. The van der Waals surface area contributed by atoms with E-state index in [0.717, 1.165) is 22.2 Å². The summed E-state index contributed by atoms with van der Waals surface area (Å²) in [4.78, 5) is 37.6. The van der Waals surface area contributed by atoms with Gasteiger partial charge in [-0.2, -0.15) is 11.8 Å². The Morgan fingerprint density at radius 2 is 2.04 bits per heavy atom. The van der Waals surface area contributed by atoms with Gasteiger partial charge in [-0.15, -0.1) is 0 Å². The quantitative estimate of drug-likeness (QED) is 0.784. The maximum Gasteiger partial charge on any atom is 0.294 e. The average Bonchev–Trinajstić information content (AvgIpc) is 3.07. The number of imide groups is 1. The van der Waals surface area contributed by atoms with Crippen LogP contribution in [0.15, 0.2) is 35.2 Å². The van der Waals surface area contributed by atoms with Crippen molar-refractivity contribution in [3.8, 4) is 0 Å². The lowest BCUT2D eigenvalue weighted by atomic mass is 10.2. The molecule has 2 aliphatic rings. The number of amides is 3. The van der Waals surface area contributed by atoms with E-state index < -0.39 is 23.2 Å². The second kappa shape index (κ2) is 7.42. The van der Waals surface area contributed by atoms with E-state index >= 15 is 0 Å². The van der Waals surface area contributed by atoms with Gasteiger partial charge in [-0.1, -0.05) is 30.3 Å². The molecule has 2 aliphatic heterocycles. The Morgan fingerprint density at radius 1 is 1.29 bits per heavy atom. The van der Waals surface area contributed by atoms with E-state index in [1.807, 2.05) is 30.3 Å². The van der Waals surface area contributed by atoms with Crippen LogP contribution in [-0.4, -0.2) is 57.3 Å². The fourth-order valence-corrected chi connectivity index (χ4v) is 4.42. The second-order valence-corrected chi connectivity index (χ2v) is 7.53. The summed E-state index contributed by atoms with van der Waals surface area (Å²) in [6, 6.07) is 8.88. The van der Waals surface area contributed by atoms with Crippen molar-refractivity contribution in [2.45, 2.75) is 12.1 Å². The molecular formula is C16H16N2O4S2. The van der Waals surface area contributed by atoms with Gasteiger partial charge in [-0.25, -0.2) is 0 Å². The lowest BCUT2D eigenvalue weighted by Gasteiger charge is -2.18. The molecule has 0 bridgehead atoms. The summed E-state index contributed by atoms with van der Waals surface area (Å²) in [7, 11) is 0. The molecule has 1 aromatic carbocycles. The zero-order valence-corrected chi connectivity index (χ0v) is 14.3. The number of nitrogens with one attached hydrogen (secondary N) is 1. The van der Waals surface area contributed by atoms with Crippen LogP contribution in [-0.2, 0) is 9.59 Å². The Hall–Kier alpha value is -1.77. The molecule has 2 saturated heterocycles. The Bertz CT molecular complexity index is 693. The number of carbonyl (C=O) groups excluding carboxylic acids is 3. The minimum atomic E-state index is -0.591. The van der Waals surface area contributed by atoms with Crippen LogP contribution in [0.1, 0.15) is 5.56 Å². The molecule has 8 heteroatoms. The first kappa shape index (κ1) is 17.1. The number of hydrogen-bond donors (Lipinski definition) is 2. The van der Waals surface area contributed by atoms with E-state index in [1.54, 1.807) is 17.8 Å². The molecule has 1 aromatic rings. The van der Waals surface area contributed by atoms with Gasteiger partial charge in [0.25, 0.3) is 11.1 Å². The molecule has 0 spiro atoms. The lowest BCUT2D eigenvalue weighted by molar-refractivity contribution is -0.129. The smallest absolute Gasteiger partial charge is 0.294 e. The molecule has 0 radical (unpaired) electrons. The van der Waals surface area contributed by atoms with Crippen LogP contribution in [0.5, 0.6) is 0 Å². The molecule has 2 heterocycles. The molecule has 2 N–H and O–H groups in total. The Balaban J connectivity index is 1.64. The maximum absolute atomic E-state index is 12.3. The highest BCUT2D eigenvalue weighted by atomic mass is 32.2. The summed E-state index contributed by atoms with van der Waals surface area (Å²) in [5, 5.41) is 11.9. The normalized spacial score (nSPS) is 25.5. The van der Waals surface area contributed by atoms with Gasteiger partial charge in [0.05, 0.1) is 17.1 Å². The number of hydrogen-bond acceptors (Lipinski definition) is 6. The topological polar surface area (TPSA) is 86.7 Å². The lowest BCUT2D eigenvalue weighted by Crippen LogP contribution is -2.47. The molecule has 24 heavy (non-hydrogen) atoms. The van der Waals surface area contributed by atoms with Gasteiger partial charge in [0.2, 0.25) is 5.91 Å². The summed E-state index contributed by atoms with van der Waals surface area (Å²) < 4.78 is 0. The number of benzene rings is 1. The predicted octanol–water partition coefficient (Wildman–Crippen LogP) is 1.32. The Labute approximate surface area is 147 Å². The fourth-order valence-electron chi connectivity index (χ4n) is 2.41. The molecule has 6 nitrogen and oxygen atoms in total. The predicted molar refractivity (Wildman–Crippen MR) is 94.4 cm³/mol. The summed E-state index contributed by atoms with van der Waals surface area (Å²) in [6.45, 7) is -0.329. The molecule has 2 atom stereocenters. The molecule has 3 amide bonds. The highest BCUT2D eigenvalue weighted by molar-refractivity contribution is 8.18. The highest BCUT2D eigenvalue weighted by Gasteiger charge is 2.37. The maximum atomic E-state index is 12.3. The van der Waals surface area contributed by atoms with Crippen LogP contribution in [0.25, 0.3) is 6.08 Å². The summed E-state index contributed by atoms with van der Waals surface area (Å²) >= 11 is 2.38. The monoisotopic (exact) mass is 364 g/mol. The molecular weight excluding hydrogens is 348 g/mol. The van der Waals surface area contributed by atoms with E-state index in [-0.39, 0.29) is 12.6 Å². The molecule has 3 rings (SSSR count). The van der Waals surface area contributed by atoms with Crippen LogP contribution in [0.4, 0.5) is 4.79 Å². The van der Waals surface area contributed by atoms with Crippen molar-refractivity contribution in [1.82, 2.24) is 10.2 Å². The first-order chi connectivity index (χ1) is 11.5. The van der Waals surface area contributed by atoms with Gasteiger partial charge in [0, 0.05) is 11.5 Å². The summed E-state index contributed by atoms with van der Waals surface area (Å²) in [5.41, 5.74) is 0.818. The number of carbonyl (C=O) groups is 3. The molecule has 0 saturated carbocycles. The van der Waals surface area contributed by atoms with Crippen molar-refractivity contribution in [1.29, 1.82) is 0 Å². The van der Waals surface area contributed by atoms with Gasteiger partial charge in [-0.3, -0.25) is 19.3 Å². The van der Waals surface area contributed by atoms with Crippen LogP contribution < -0.4 is 5.32 Å². The zero-order valence-electron chi connectivity index (χ0n) is 12.7. The highest BCUT2D eigenvalue weighted by Crippen LogP contribution is 2.32. The third kappa shape index (κ3) is 3.82. The van der Waals surface area contributed by atoms with Crippen molar-refractivity contribution in [3.63, 3.8) is 0 Å². The van der Waals surface area contributed by atoms with E-state index in [4.69, 9.17) is 0 Å². The molecule has 0 aliphatic carbocycles. The average molecular weight is 364 g/mol. The number of thioether (sulfide) groups is 2. The van der Waals surface area contributed by atoms with Gasteiger partial charge in [-0.05, 0) is 23.4 Å². The van der Waals surface area contributed by atoms with Gasteiger partial charge in [0.15, 0.2) is 0 Å². The van der Waals surface area contributed by atoms with Crippen molar-refractivity contribution in [3.05, 3.63) is 40.8 Å². The van der Waals surface area contributed by atoms with Gasteiger partial charge >= 0.3 is 0 Å². The molecule has 2 fully saturated rings. The number of rotatable bonds is 4. The third-order valence-electron chi connectivity index (χ3n) is 3.67. The SMILES string of the molecule is O=C(CN1C(=O)SC(=Cc2ccccc2)C1=O)N[C@@H]1CSC[C@@H]1O. The third-order valence-corrected chi connectivity index (χ3v) is 5.75. The summed E-state index contributed by atoms with van der Waals surface area (Å²) in [5.74, 6) is 0.296. The Morgan fingerprint density at radius 3 is 2.71 bits per heavy atom. The van der Waals surface area contributed by atoms with Crippen molar-refractivity contribution >= 4 is 46.7 Å². The van der Waals surface area contributed by atoms with E-state index in [0.29, 0.717) is 16.4 Å². The van der Waals surface area contributed by atoms with Crippen molar-refractivity contribution < 1.29 is 19.5 Å². The number of aliphatic hydroxyl groups is 1. The van der Waals surface area contributed by atoms with E-state index in [1.165, 1.54) is 0 Å². The van der Waals surface area contributed by atoms with Crippen LogP contribution in [0, 0.1) is 0 Å². The minimum Gasteiger partial charge on any atom is -0.390 e. The van der Waals surface area contributed by atoms with Gasteiger partial charge < -0.3 is 10.4 Å². The van der Waals surface area contributed by atoms with Crippen LogP contribution in [0.3, 0.4) is 0 Å². The van der Waals surface area contributed by atoms with Crippen LogP contribution in [0.2, 0.25) is 0 Å². The molecule has 0 unspecified atom stereocenters. The number of aliphatic hydroxyl groups excluding tert-OH is 1. The first-order valence-corrected chi connectivity index (χ1v) is 9.37. The minimum absolute atomic E-state index is 0.301. The van der Waals surface area contributed by atoms with Gasteiger partial charge in [0.1, 0.15) is 6.54 Å². The Kier molecular flexibility index (Phi) is 5.27. The standard InChI is InChI=1S/C16H16N2O4S2/c19-12-9-23-8-11(12)17-14(20)7-18-15(21)13(24-16(18)22)6-10-4-2-1-3-5-10/h1-6,11-12,19H,7-9H2,(H,17,20)/t11-,12+/m1/s1. The molecule has 0 aromatic heterocycles. The van der Waals surface area contributed by atoms with Crippen LogP contribution >= 0.6 is 23.5 Å². The van der Waals surface area contributed by atoms with Crippen molar-refractivity contribution in [2.75, 3.05) is 18.1 Å².